The van der Waals surface area contributed by atoms with Gasteiger partial charge in [-0.05, 0) is 48.8 Å². The van der Waals surface area contributed by atoms with Gasteiger partial charge < -0.3 is 10.6 Å². The second kappa shape index (κ2) is 6.18. The molecule has 3 nitrogen and oxygen atoms in total. The van der Waals surface area contributed by atoms with Gasteiger partial charge in [-0.15, -0.1) is 0 Å². The molecular formula is C18H26N2O. The van der Waals surface area contributed by atoms with E-state index in [0.29, 0.717) is 12.0 Å². The van der Waals surface area contributed by atoms with Crippen LogP contribution in [0.3, 0.4) is 0 Å². The van der Waals surface area contributed by atoms with Crippen LogP contribution in [0, 0.1) is 17.8 Å². The van der Waals surface area contributed by atoms with Gasteiger partial charge in [-0.2, -0.15) is 0 Å². The van der Waals surface area contributed by atoms with E-state index < -0.39 is 0 Å². The highest BCUT2D eigenvalue weighted by Crippen LogP contribution is 2.48. The first-order chi connectivity index (χ1) is 10.1. The van der Waals surface area contributed by atoms with E-state index in [1.165, 1.54) is 24.8 Å². The fourth-order valence-corrected chi connectivity index (χ4v) is 3.83. The monoisotopic (exact) mass is 286 g/mol. The molecular weight excluding hydrogens is 260 g/mol. The van der Waals surface area contributed by atoms with E-state index >= 15 is 0 Å². The molecule has 3 unspecified atom stereocenters. The number of amides is 1. The molecule has 1 aromatic carbocycles. The maximum Gasteiger partial charge on any atom is 0.227 e. The Balaban J connectivity index is 1.54. The van der Waals surface area contributed by atoms with Crippen LogP contribution in [0.4, 0.5) is 5.69 Å². The number of carbonyl (C=O) groups is 1. The summed E-state index contributed by atoms with van der Waals surface area (Å²) in [6, 6.07) is 8.70. The van der Waals surface area contributed by atoms with Crippen molar-refractivity contribution in [2.75, 3.05) is 5.32 Å². The quantitative estimate of drug-likeness (QED) is 0.869. The normalized spacial score (nSPS) is 27.3. The van der Waals surface area contributed by atoms with E-state index in [-0.39, 0.29) is 11.8 Å². The van der Waals surface area contributed by atoms with Gasteiger partial charge in [-0.1, -0.05) is 32.4 Å². The molecule has 2 bridgehead atoms. The average Bonchev–Trinajstić information content (AvgIpc) is 3.09. The Labute approximate surface area is 127 Å². The fourth-order valence-electron chi connectivity index (χ4n) is 3.83. The van der Waals surface area contributed by atoms with Gasteiger partial charge >= 0.3 is 0 Å². The molecule has 2 fully saturated rings. The van der Waals surface area contributed by atoms with Crippen LogP contribution >= 0.6 is 0 Å². The van der Waals surface area contributed by atoms with Crippen molar-refractivity contribution in [2.24, 2.45) is 17.8 Å². The second-order valence-electron chi connectivity index (χ2n) is 7.00. The number of fused-ring (bicyclic) bond motifs is 2. The number of rotatable bonds is 5. The molecule has 21 heavy (non-hydrogen) atoms. The number of anilines is 1. The van der Waals surface area contributed by atoms with Crippen LogP contribution in [-0.4, -0.2) is 11.9 Å². The van der Waals surface area contributed by atoms with Crippen molar-refractivity contribution < 1.29 is 4.79 Å². The molecule has 3 rings (SSSR count). The molecule has 0 spiro atoms. The van der Waals surface area contributed by atoms with Gasteiger partial charge in [-0.3, -0.25) is 4.79 Å². The lowest BCUT2D eigenvalue weighted by Gasteiger charge is -2.20. The lowest BCUT2D eigenvalue weighted by atomic mass is 9.88. The molecule has 2 saturated carbocycles. The highest BCUT2D eigenvalue weighted by molar-refractivity contribution is 5.93. The third-order valence-electron chi connectivity index (χ3n) is 5.01. The van der Waals surface area contributed by atoms with Crippen LogP contribution in [0.2, 0.25) is 0 Å². The summed E-state index contributed by atoms with van der Waals surface area (Å²) >= 11 is 0. The highest BCUT2D eigenvalue weighted by Gasteiger charge is 2.42. The summed E-state index contributed by atoms with van der Waals surface area (Å²) in [7, 11) is 0. The predicted molar refractivity (Wildman–Crippen MR) is 86.0 cm³/mol. The van der Waals surface area contributed by atoms with Gasteiger partial charge in [0.25, 0.3) is 0 Å². The van der Waals surface area contributed by atoms with Gasteiger partial charge in [0.15, 0.2) is 0 Å². The zero-order valence-corrected chi connectivity index (χ0v) is 13.1. The molecule has 2 aliphatic rings. The summed E-state index contributed by atoms with van der Waals surface area (Å²) < 4.78 is 0. The Bertz CT molecular complexity index is 494. The molecule has 2 N–H and O–H groups in total. The summed E-state index contributed by atoms with van der Waals surface area (Å²) in [5, 5.41) is 6.50. The van der Waals surface area contributed by atoms with Crippen molar-refractivity contribution in [1.82, 2.24) is 5.32 Å². The van der Waals surface area contributed by atoms with E-state index in [4.69, 9.17) is 0 Å². The average molecular weight is 286 g/mol. The van der Waals surface area contributed by atoms with Crippen LogP contribution in [0.1, 0.15) is 45.1 Å². The zero-order valence-electron chi connectivity index (χ0n) is 13.1. The first-order valence-electron chi connectivity index (χ1n) is 8.25. The number of benzene rings is 1. The Morgan fingerprint density at radius 1 is 1.19 bits per heavy atom. The van der Waals surface area contributed by atoms with Crippen molar-refractivity contribution >= 4 is 11.6 Å². The summed E-state index contributed by atoms with van der Waals surface area (Å²) in [4.78, 5) is 12.4. The van der Waals surface area contributed by atoms with Crippen molar-refractivity contribution in [2.45, 2.75) is 52.1 Å². The number of carbonyl (C=O) groups excluding carboxylic acids is 1. The lowest BCUT2D eigenvalue weighted by Crippen LogP contribution is -2.27. The topological polar surface area (TPSA) is 41.1 Å². The summed E-state index contributed by atoms with van der Waals surface area (Å²) in [6.07, 6.45) is 4.97. The van der Waals surface area contributed by atoms with Gasteiger partial charge in [0.05, 0.1) is 0 Å². The molecule has 2 aliphatic carbocycles. The van der Waals surface area contributed by atoms with Crippen LogP contribution in [0.15, 0.2) is 24.3 Å². The number of hydrogen-bond acceptors (Lipinski definition) is 2. The van der Waals surface area contributed by atoms with Gasteiger partial charge in [-0.25, -0.2) is 0 Å². The lowest BCUT2D eigenvalue weighted by molar-refractivity contribution is -0.121. The fraction of sp³-hybridized carbons (Fsp3) is 0.611. The smallest absolute Gasteiger partial charge is 0.227 e. The Kier molecular flexibility index (Phi) is 4.29. The van der Waals surface area contributed by atoms with Crippen molar-refractivity contribution in [3.8, 4) is 0 Å². The van der Waals surface area contributed by atoms with E-state index in [1.807, 2.05) is 12.1 Å². The molecule has 1 amide bonds. The van der Waals surface area contributed by atoms with E-state index in [0.717, 1.165) is 24.6 Å². The molecule has 0 heterocycles. The van der Waals surface area contributed by atoms with Gasteiger partial charge in [0.1, 0.15) is 0 Å². The molecule has 0 aliphatic heterocycles. The largest absolute Gasteiger partial charge is 0.326 e. The molecule has 1 aromatic rings. The first kappa shape index (κ1) is 14.6. The minimum absolute atomic E-state index is 0.232. The predicted octanol–water partition coefficient (Wildman–Crippen LogP) is 3.56. The van der Waals surface area contributed by atoms with Crippen molar-refractivity contribution in [3.63, 3.8) is 0 Å². The number of nitrogens with one attached hydrogen (secondary N) is 2. The second-order valence-corrected chi connectivity index (χ2v) is 7.00. The number of hydrogen-bond donors (Lipinski definition) is 2. The SMILES string of the molecule is CC(C)NCc1ccc(NC(=O)C2CC3CCC2C3)cc1. The molecule has 0 radical (unpaired) electrons. The Morgan fingerprint density at radius 2 is 1.95 bits per heavy atom. The maximum atomic E-state index is 12.4. The summed E-state index contributed by atoms with van der Waals surface area (Å²) in [6.45, 7) is 5.16. The van der Waals surface area contributed by atoms with E-state index in [1.54, 1.807) is 0 Å². The van der Waals surface area contributed by atoms with Crippen molar-refractivity contribution in [3.05, 3.63) is 29.8 Å². The minimum Gasteiger partial charge on any atom is -0.326 e. The maximum absolute atomic E-state index is 12.4. The summed E-state index contributed by atoms with van der Waals surface area (Å²) in [5.74, 6) is 1.95. The first-order valence-corrected chi connectivity index (χ1v) is 8.25. The van der Waals surface area contributed by atoms with Crippen molar-refractivity contribution in [1.29, 1.82) is 0 Å². The van der Waals surface area contributed by atoms with E-state index in [9.17, 15) is 4.79 Å². The molecule has 3 atom stereocenters. The molecule has 3 heteroatoms. The molecule has 114 valence electrons. The summed E-state index contributed by atoms with van der Waals surface area (Å²) in [5.41, 5.74) is 2.18. The molecule has 0 saturated heterocycles. The highest BCUT2D eigenvalue weighted by atomic mass is 16.1. The Hall–Kier alpha value is -1.35. The zero-order chi connectivity index (χ0) is 14.8. The standard InChI is InChI=1S/C18H26N2O/c1-12(2)19-11-13-4-7-16(8-5-13)20-18(21)17-10-14-3-6-15(17)9-14/h4-5,7-8,12,14-15,17,19H,3,6,9-11H2,1-2H3,(H,20,21). The third kappa shape index (κ3) is 3.46. The van der Waals surface area contributed by atoms with Crippen LogP contribution in [0.25, 0.3) is 0 Å². The van der Waals surface area contributed by atoms with Gasteiger partial charge in [0.2, 0.25) is 5.91 Å². The minimum atomic E-state index is 0.232. The third-order valence-corrected chi connectivity index (χ3v) is 5.01. The molecule has 0 aromatic heterocycles. The van der Waals surface area contributed by atoms with Crippen LogP contribution < -0.4 is 10.6 Å². The van der Waals surface area contributed by atoms with Crippen LogP contribution in [0.5, 0.6) is 0 Å². The van der Waals surface area contributed by atoms with E-state index in [2.05, 4.69) is 36.6 Å². The van der Waals surface area contributed by atoms with Gasteiger partial charge in [0, 0.05) is 24.2 Å². The van der Waals surface area contributed by atoms with Crippen LogP contribution in [-0.2, 0) is 11.3 Å². The Morgan fingerprint density at radius 3 is 2.52 bits per heavy atom.